The van der Waals surface area contributed by atoms with Crippen LogP contribution in [0.4, 0.5) is 0 Å². The van der Waals surface area contributed by atoms with Crippen molar-refractivity contribution in [2.75, 3.05) is 5.33 Å². The van der Waals surface area contributed by atoms with E-state index in [0.29, 0.717) is 0 Å². The number of rotatable bonds is 4. The van der Waals surface area contributed by atoms with Gasteiger partial charge in [-0.25, -0.2) is 0 Å². The van der Waals surface area contributed by atoms with Crippen molar-refractivity contribution in [1.82, 2.24) is 0 Å². The number of furan rings is 1. The second-order valence-electron chi connectivity index (χ2n) is 3.25. The van der Waals surface area contributed by atoms with Gasteiger partial charge in [-0.1, -0.05) is 28.9 Å². The molecule has 0 aromatic carbocycles. The Morgan fingerprint density at radius 3 is 2.92 bits per heavy atom. The third kappa shape index (κ3) is 2.24. The molecule has 0 aliphatic heterocycles. The first-order valence-electron chi connectivity index (χ1n) is 3.92. The van der Waals surface area contributed by atoms with Crippen molar-refractivity contribution in [3.8, 4) is 0 Å². The van der Waals surface area contributed by atoms with E-state index in [9.17, 15) is 0 Å². The molecule has 1 aromatic heterocycles. The maximum absolute atomic E-state index is 5.26. The summed E-state index contributed by atoms with van der Waals surface area (Å²) in [6, 6.07) is 3.90. The molecule has 0 saturated heterocycles. The molecule has 0 bridgehead atoms. The standard InChI is InChI=1S/C10H13BrO/c1-3-10(2,8-11)7-9-5-4-6-12-9/h3-6H,1,7-8H2,2H3. The molecule has 1 nitrogen and oxygen atoms in total. The molecule has 0 aliphatic rings. The Hall–Kier alpha value is -0.500. The molecular formula is C10H13BrO. The zero-order valence-corrected chi connectivity index (χ0v) is 8.80. The second-order valence-corrected chi connectivity index (χ2v) is 3.81. The summed E-state index contributed by atoms with van der Waals surface area (Å²) in [4.78, 5) is 0. The van der Waals surface area contributed by atoms with Gasteiger partial charge >= 0.3 is 0 Å². The van der Waals surface area contributed by atoms with Gasteiger partial charge in [0.25, 0.3) is 0 Å². The Morgan fingerprint density at radius 1 is 1.75 bits per heavy atom. The number of allylic oxidation sites excluding steroid dienone is 1. The molecule has 12 heavy (non-hydrogen) atoms. The van der Waals surface area contributed by atoms with Crippen molar-refractivity contribution in [2.45, 2.75) is 13.3 Å². The summed E-state index contributed by atoms with van der Waals surface area (Å²) in [6.45, 7) is 5.96. The van der Waals surface area contributed by atoms with Crippen LogP contribution in [0.5, 0.6) is 0 Å². The van der Waals surface area contributed by atoms with E-state index < -0.39 is 0 Å². The first kappa shape index (κ1) is 9.59. The van der Waals surface area contributed by atoms with E-state index in [1.54, 1.807) is 6.26 Å². The maximum atomic E-state index is 5.26. The van der Waals surface area contributed by atoms with Crippen molar-refractivity contribution >= 4 is 15.9 Å². The maximum Gasteiger partial charge on any atom is 0.104 e. The van der Waals surface area contributed by atoms with E-state index in [0.717, 1.165) is 17.5 Å². The van der Waals surface area contributed by atoms with E-state index in [1.165, 1.54) is 0 Å². The lowest BCUT2D eigenvalue weighted by Gasteiger charge is -2.20. The average molecular weight is 229 g/mol. The zero-order valence-electron chi connectivity index (χ0n) is 7.22. The van der Waals surface area contributed by atoms with Gasteiger partial charge in [-0.15, -0.1) is 6.58 Å². The smallest absolute Gasteiger partial charge is 0.104 e. The Bertz CT molecular complexity index is 240. The minimum Gasteiger partial charge on any atom is -0.469 e. The van der Waals surface area contributed by atoms with E-state index in [2.05, 4.69) is 29.4 Å². The summed E-state index contributed by atoms with van der Waals surface area (Å²) in [7, 11) is 0. The molecule has 0 aliphatic carbocycles. The fourth-order valence-electron chi connectivity index (χ4n) is 0.985. The monoisotopic (exact) mass is 228 g/mol. The molecule has 1 aromatic rings. The molecule has 1 rings (SSSR count). The van der Waals surface area contributed by atoms with Gasteiger partial charge in [0.05, 0.1) is 6.26 Å². The van der Waals surface area contributed by atoms with Crippen LogP contribution >= 0.6 is 15.9 Å². The Balaban J connectivity index is 2.66. The SMILES string of the molecule is C=CC(C)(CBr)Cc1ccco1. The Morgan fingerprint density at radius 2 is 2.50 bits per heavy atom. The molecule has 0 N–H and O–H groups in total. The number of halogens is 1. The Labute approximate surface area is 81.6 Å². The first-order valence-corrected chi connectivity index (χ1v) is 5.04. The van der Waals surface area contributed by atoms with Gasteiger partial charge in [-0.2, -0.15) is 0 Å². The number of alkyl halides is 1. The van der Waals surface area contributed by atoms with Gasteiger partial charge < -0.3 is 4.42 Å². The van der Waals surface area contributed by atoms with Crippen LogP contribution in [0.3, 0.4) is 0 Å². The lowest BCUT2D eigenvalue weighted by Crippen LogP contribution is -2.17. The number of hydrogen-bond acceptors (Lipinski definition) is 1. The highest BCUT2D eigenvalue weighted by atomic mass is 79.9. The van der Waals surface area contributed by atoms with E-state index in [4.69, 9.17) is 4.42 Å². The van der Waals surface area contributed by atoms with E-state index in [1.807, 2.05) is 18.2 Å². The van der Waals surface area contributed by atoms with Crippen LogP contribution in [0, 0.1) is 5.41 Å². The summed E-state index contributed by atoms with van der Waals surface area (Å²) in [5, 5.41) is 0.907. The molecule has 1 atom stereocenters. The quantitative estimate of drug-likeness (QED) is 0.569. The molecule has 0 fully saturated rings. The molecule has 0 amide bonds. The van der Waals surface area contributed by atoms with Crippen LogP contribution in [0.1, 0.15) is 12.7 Å². The molecule has 1 unspecified atom stereocenters. The van der Waals surface area contributed by atoms with Crippen molar-refractivity contribution in [3.63, 3.8) is 0 Å². The molecule has 0 radical (unpaired) electrons. The molecule has 0 spiro atoms. The highest BCUT2D eigenvalue weighted by molar-refractivity contribution is 9.09. The fourth-order valence-corrected chi connectivity index (χ4v) is 1.41. The van der Waals surface area contributed by atoms with Crippen LogP contribution in [0.15, 0.2) is 35.5 Å². The first-order chi connectivity index (χ1) is 5.70. The summed E-state index contributed by atoms with van der Waals surface area (Å²) >= 11 is 3.46. The van der Waals surface area contributed by atoms with Gasteiger partial charge in [0.1, 0.15) is 5.76 Å². The van der Waals surface area contributed by atoms with Crippen LogP contribution in [-0.2, 0) is 6.42 Å². The number of hydrogen-bond donors (Lipinski definition) is 0. The van der Waals surface area contributed by atoms with Crippen LogP contribution < -0.4 is 0 Å². The minimum atomic E-state index is 0.0951. The summed E-state index contributed by atoms with van der Waals surface area (Å²) in [5.41, 5.74) is 0.0951. The van der Waals surface area contributed by atoms with Gasteiger partial charge in [0.2, 0.25) is 0 Å². The zero-order chi connectivity index (χ0) is 9.03. The minimum absolute atomic E-state index is 0.0951. The predicted octanol–water partition coefficient (Wildman–Crippen LogP) is 3.41. The average Bonchev–Trinajstić information content (AvgIpc) is 2.57. The van der Waals surface area contributed by atoms with Crippen LogP contribution in [0.25, 0.3) is 0 Å². The summed E-state index contributed by atoms with van der Waals surface area (Å²) in [5.74, 6) is 1.01. The van der Waals surface area contributed by atoms with E-state index in [-0.39, 0.29) is 5.41 Å². The van der Waals surface area contributed by atoms with Crippen molar-refractivity contribution in [3.05, 3.63) is 36.8 Å². The van der Waals surface area contributed by atoms with Gasteiger partial charge in [-0.05, 0) is 12.1 Å². The molecule has 66 valence electrons. The van der Waals surface area contributed by atoms with Gasteiger partial charge in [0, 0.05) is 17.2 Å². The summed E-state index contributed by atoms with van der Waals surface area (Å²) < 4.78 is 5.26. The van der Waals surface area contributed by atoms with Gasteiger partial charge in [-0.3, -0.25) is 0 Å². The third-order valence-electron chi connectivity index (χ3n) is 1.96. The van der Waals surface area contributed by atoms with Crippen LogP contribution in [-0.4, -0.2) is 5.33 Å². The van der Waals surface area contributed by atoms with Crippen molar-refractivity contribution in [2.24, 2.45) is 5.41 Å². The van der Waals surface area contributed by atoms with Crippen molar-refractivity contribution in [1.29, 1.82) is 0 Å². The molecule has 1 heterocycles. The second kappa shape index (κ2) is 3.94. The predicted molar refractivity (Wildman–Crippen MR) is 54.5 cm³/mol. The normalized spacial score (nSPS) is 15.5. The third-order valence-corrected chi connectivity index (χ3v) is 3.24. The lowest BCUT2D eigenvalue weighted by molar-refractivity contribution is 0.414. The fraction of sp³-hybridized carbons (Fsp3) is 0.400. The highest BCUT2D eigenvalue weighted by Crippen LogP contribution is 2.26. The highest BCUT2D eigenvalue weighted by Gasteiger charge is 2.20. The lowest BCUT2D eigenvalue weighted by atomic mass is 9.88. The van der Waals surface area contributed by atoms with E-state index >= 15 is 0 Å². The molecular weight excluding hydrogens is 216 g/mol. The molecule has 2 heteroatoms. The Kier molecular flexibility index (Phi) is 3.15. The van der Waals surface area contributed by atoms with Crippen LogP contribution in [0.2, 0.25) is 0 Å². The topological polar surface area (TPSA) is 13.1 Å². The van der Waals surface area contributed by atoms with Crippen molar-refractivity contribution < 1.29 is 4.42 Å². The largest absolute Gasteiger partial charge is 0.469 e. The summed E-state index contributed by atoms with van der Waals surface area (Å²) in [6.07, 6.45) is 4.56. The van der Waals surface area contributed by atoms with Gasteiger partial charge in [0.15, 0.2) is 0 Å². The molecule has 0 saturated carbocycles.